The molecule has 1 saturated heterocycles. The lowest BCUT2D eigenvalue weighted by atomic mass is 10.1. The van der Waals surface area contributed by atoms with E-state index in [0.29, 0.717) is 23.6 Å². The molecule has 0 spiro atoms. The highest BCUT2D eigenvalue weighted by Crippen LogP contribution is 2.58. The average Bonchev–Trinajstić information content (AvgIpc) is 3.16. The summed E-state index contributed by atoms with van der Waals surface area (Å²) in [5.74, 6) is 2.31. The van der Waals surface area contributed by atoms with Gasteiger partial charge in [0, 0.05) is 24.8 Å². The molecule has 1 saturated carbocycles. The van der Waals surface area contributed by atoms with Crippen LogP contribution < -0.4 is 4.90 Å². The molecule has 5 rings (SSSR count). The molecule has 3 aromatic rings. The molecule has 6 nitrogen and oxygen atoms in total. The van der Waals surface area contributed by atoms with Crippen LogP contribution in [0.4, 0.5) is 11.5 Å². The molecule has 7 heteroatoms. The minimum absolute atomic E-state index is 0.109. The lowest BCUT2D eigenvalue weighted by molar-refractivity contribution is -0.384. The molecule has 3 atom stereocenters. The Labute approximate surface area is 154 Å². The number of benzene rings is 1. The van der Waals surface area contributed by atoms with Gasteiger partial charge in [0.05, 0.1) is 20.7 Å². The lowest BCUT2D eigenvalue weighted by Crippen LogP contribution is -2.32. The zero-order valence-corrected chi connectivity index (χ0v) is 15.1. The Hall–Kier alpha value is -2.54. The van der Waals surface area contributed by atoms with Gasteiger partial charge in [-0.2, -0.15) is 0 Å². The van der Waals surface area contributed by atoms with E-state index in [1.54, 1.807) is 23.5 Å². The fourth-order valence-corrected chi connectivity index (χ4v) is 5.14. The van der Waals surface area contributed by atoms with Crippen molar-refractivity contribution < 1.29 is 4.92 Å². The van der Waals surface area contributed by atoms with Crippen LogP contribution in [0.2, 0.25) is 0 Å². The van der Waals surface area contributed by atoms with E-state index in [4.69, 9.17) is 0 Å². The van der Waals surface area contributed by atoms with Crippen LogP contribution in [-0.4, -0.2) is 28.0 Å². The van der Waals surface area contributed by atoms with Gasteiger partial charge in [-0.25, -0.2) is 9.97 Å². The Morgan fingerprint density at radius 1 is 1.27 bits per heavy atom. The van der Waals surface area contributed by atoms with E-state index in [-0.39, 0.29) is 10.6 Å². The van der Waals surface area contributed by atoms with E-state index in [1.807, 2.05) is 12.4 Å². The van der Waals surface area contributed by atoms with Crippen molar-refractivity contribution in [3.05, 3.63) is 57.2 Å². The molecular formula is C19H18N4O2S. The Balaban J connectivity index is 1.41. The van der Waals surface area contributed by atoms with Crippen LogP contribution in [0.3, 0.4) is 0 Å². The molecule has 0 amide bonds. The summed E-state index contributed by atoms with van der Waals surface area (Å²) in [6, 6.07) is 9.86. The molecule has 1 aliphatic heterocycles. The van der Waals surface area contributed by atoms with Gasteiger partial charge < -0.3 is 4.90 Å². The Morgan fingerprint density at radius 2 is 2.15 bits per heavy atom. The summed E-state index contributed by atoms with van der Waals surface area (Å²) < 4.78 is 1.24. The number of piperidine rings is 1. The summed E-state index contributed by atoms with van der Waals surface area (Å²) in [7, 11) is 0. The summed E-state index contributed by atoms with van der Waals surface area (Å²) in [6.45, 7) is 3.55. The highest BCUT2D eigenvalue weighted by atomic mass is 32.1. The third-order valence-corrected chi connectivity index (χ3v) is 6.52. The van der Waals surface area contributed by atoms with Gasteiger partial charge in [0.15, 0.2) is 0 Å². The fourth-order valence-electron chi connectivity index (χ4n) is 4.41. The minimum Gasteiger partial charge on any atom is -0.351 e. The predicted molar refractivity (Wildman–Crippen MR) is 102 cm³/mol. The maximum atomic E-state index is 11.4. The van der Waals surface area contributed by atoms with Crippen LogP contribution in [-0.2, 0) is 0 Å². The molecule has 26 heavy (non-hydrogen) atoms. The molecule has 2 fully saturated rings. The predicted octanol–water partition coefficient (Wildman–Crippen LogP) is 4.15. The molecule has 1 aliphatic carbocycles. The largest absolute Gasteiger partial charge is 0.351 e. The van der Waals surface area contributed by atoms with Crippen LogP contribution >= 0.6 is 11.3 Å². The molecule has 3 unspecified atom stereocenters. The van der Waals surface area contributed by atoms with Gasteiger partial charge in [0.25, 0.3) is 0 Å². The highest BCUT2D eigenvalue weighted by Gasteiger charge is 2.53. The number of anilines is 1. The third kappa shape index (κ3) is 2.46. The first-order valence-electron chi connectivity index (χ1n) is 8.82. The van der Waals surface area contributed by atoms with E-state index in [0.717, 1.165) is 30.7 Å². The third-order valence-electron chi connectivity index (χ3n) is 5.73. The molecule has 2 aromatic heterocycles. The topological polar surface area (TPSA) is 72.2 Å². The number of fused-ring (bicyclic) bond motifs is 2. The number of hydrogen-bond donors (Lipinski definition) is 0. The first-order valence-corrected chi connectivity index (χ1v) is 9.70. The Bertz CT molecular complexity index is 1020. The smallest absolute Gasteiger partial charge is 0.311 e. The van der Waals surface area contributed by atoms with Crippen molar-refractivity contribution in [1.29, 1.82) is 0 Å². The molecular weight excluding hydrogens is 348 g/mol. The summed E-state index contributed by atoms with van der Waals surface area (Å²) >= 11 is 1.68. The van der Waals surface area contributed by atoms with Crippen LogP contribution in [0.1, 0.15) is 23.6 Å². The summed E-state index contributed by atoms with van der Waals surface area (Å²) in [5.41, 5.74) is 5.25. The van der Waals surface area contributed by atoms with Crippen LogP contribution in [0.5, 0.6) is 0 Å². The SMILES string of the molecule is Cc1ccc([N+](=O)[O-])c(N2CCC3C(C2)C3c2ccc3ncsc3c2)n1. The first-order chi connectivity index (χ1) is 12.6. The van der Waals surface area contributed by atoms with Gasteiger partial charge in [0.2, 0.25) is 5.82 Å². The van der Waals surface area contributed by atoms with Gasteiger partial charge in [-0.1, -0.05) is 6.07 Å². The van der Waals surface area contributed by atoms with Crippen molar-refractivity contribution in [1.82, 2.24) is 9.97 Å². The molecule has 2 aliphatic rings. The molecule has 132 valence electrons. The van der Waals surface area contributed by atoms with E-state index in [2.05, 4.69) is 33.1 Å². The maximum Gasteiger partial charge on any atom is 0.311 e. The van der Waals surface area contributed by atoms with E-state index in [9.17, 15) is 10.1 Å². The molecule has 3 heterocycles. The molecule has 1 aromatic carbocycles. The number of nitro groups is 1. The standard InChI is InChI=1S/C19H18N4O2S/c1-11-2-5-16(23(24)25)19(21-11)22-7-6-13-14(9-22)18(13)12-3-4-15-17(8-12)26-10-20-15/h2-5,8,10,13-14,18H,6-7,9H2,1H3. The number of aromatic nitrogens is 2. The first kappa shape index (κ1) is 15.7. The van der Waals surface area contributed by atoms with Gasteiger partial charge in [-0.05, 0) is 54.9 Å². The van der Waals surface area contributed by atoms with E-state index in [1.165, 1.54) is 10.3 Å². The van der Waals surface area contributed by atoms with Gasteiger partial charge in [-0.15, -0.1) is 11.3 Å². The number of rotatable bonds is 3. The minimum atomic E-state index is -0.323. The summed E-state index contributed by atoms with van der Waals surface area (Å²) in [5, 5.41) is 11.4. The van der Waals surface area contributed by atoms with Crippen molar-refractivity contribution in [2.45, 2.75) is 19.3 Å². The highest BCUT2D eigenvalue weighted by molar-refractivity contribution is 7.16. The quantitative estimate of drug-likeness (QED) is 0.514. The second kappa shape index (κ2) is 5.74. The van der Waals surface area contributed by atoms with E-state index >= 15 is 0 Å². The van der Waals surface area contributed by atoms with Crippen molar-refractivity contribution in [2.75, 3.05) is 18.0 Å². The van der Waals surface area contributed by atoms with Crippen LogP contribution in [0.25, 0.3) is 10.2 Å². The number of thiazole rings is 1. The van der Waals surface area contributed by atoms with Crippen molar-refractivity contribution in [3.8, 4) is 0 Å². The monoisotopic (exact) mass is 366 g/mol. The molecule has 0 radical (unpaired) electrons. The normalized spacial score (nSPS) is 24.5. The van der Waals surface area contributed by atoms with Crippen LogP contribution in [0, 0.1) is 28.9 Å². The summed E-state index contributed by atoms with van der Waals surface area (Å²) in [6.07, 6.45) is 1.06. The van der Waals surface area contributed by atoms with Crippen LogP contribution in [0.15, 0.2) is 35.8 Å². The number of pyridine rings is 1. The Kier molecular flexibility index (Phi) is 3.46. The Morgan fingerprint density at radius 3 is 3.00 bits per heavy atom. The summed E-state index contributed by atoms with van der Waals surface area (Å²) in [4.78, 5) is 22.0. The second-order valence-corrected chi connectivity index (χ2v) is 8.11. The molecule has 0 bridgehead atoms. The second-order valence-electron chi connectivity index (χ2n) is 7.22. The number of hydrogen-bond acceptors (Lipinski definition) is 6. The maximum absolute atomic E-state index is 11.4. The zero-order chi connectivity index (χ0) is 17.8. The van der Waals surface area contributed by atoms with Gasteiger partial charge in [0.1, 0.15) is 0 Å². The molecule has 0 N–H and O–H groups in total. The van der Waals surface area contributed by atoms with Crippen molar-refractivity contribution in [2.24, 2.45) is 11.8 Å². The fraction of sp³-hybridized carbons (Fsp3) is 0.368. The number of aryl methyl sites for hydroxylation is 1. The lowest BCUT2D eigenvalue weighted by Gasteiger charge is -2.27. The van der Waals surface area contributed by atoms with Crippen molar-refractivity contribution >= 4 is 33.1 Å². The average molecular weight is 366 g/mol. The van der Waals surface area contributed by atoms with E-state index < -0.39 is 0 Å². The van der Waals surface area contributed by atoms with Crippen molar-refractivity contribution in [3.63, 3.8) is 0 Å². The number of nitrogens with zero attached hydrogens (tertiary/aromatic N) is 4. The zero-order valence-electron chi connectivity index (χ0n) is 14.3. The van der Waals surface area contributed by atoms with Gasteiger partial charge in [-0.3, -0.25) is 10.1 Å². The van der Waals surface area contributed by atoms with Gasteiger partial charge >= 0.3 is 5.69 Å².